The zero-order chi connectivity index (χ0) is 21.1. The third-order valence-electron chi connectivity index (χ3n) is 4.62. The first-order valence-electron chi connectivity index (χ1n) is 9.50. The van der Waals surface area contributed by atoms with Gasteiger partial charge in [0, 0.05) is 5.56 Å². The summed E-state index contributed by atoms with van der Waals surface area (Å²) in [6, 6.07) is 21.1. The lowest BCUT2D eigenvalue weighted by molar-refractivity contribution is 0.0987. The largest absolute Gasteiger partial charge is 0.497 e. The number of hydrazone groups is 1. The molecule has 30 heavy (non-hydrogen) atoms. The standard InChI is InChI=1S/C24H21N3O2S/c1-16-7-9-18(10-8-16)15-25-27(23(28)19-6-4-5-17(2)13-19)24-26-21-12-11-20(29-3)14-22(21)30-24/h4-15H,1-3H3/b25-15+. The van der Waals surface area contributed by atoms with Gasteiger partial charge in [-0.3, -0.25) is 4.79 Å². The molecular weight excluding hydrogens is 394 g/mol. The van der Waals surface area contributed by atoms with Gasteiger partial charge in [-0.2, -0.15) is 10.1 Å². The summed E-state index contributed by atoms with van der Waals surface area (Å²) >= 11 is 1.40. The summed E-state index contributed by atoms with van der Waals surface area (Å²) in [5.74, 6) is 0.519. The van der Waals surface area contributed by atoms with Gasteiger partial charge in [-0.05, 0) is 49.7 Å². The van der Waals surface area contributed by atoms with Crippen molar-refractivity contribution in [3.63, 3.8) is 0 Å². The highest BCUT2D eigenvalue weighted by molar-refractivity contribution is 7.22. The minimum absolute atomic E-state index is 0.229. The predicted octanol–water partition coefficient (Wildman–Crippen LogP) is 5.60. The second-order valence-corrected chi connectivity index (χ2v) is 7.98. The van der Waals surface area contributed by atoms with E-state index in [2.05, 4.69) is 10.1 Å². The van der Waals surface area contributed by atoms with Gasteiger partial charge >= 0.3 is 0 Å². The Kier molecular flexibility index (Phi) is 5.59. The summed E-state index contributed by atoms with van der Waals surface area (Å²) in [6.07, 6.45) is 1.68. The summed E-state index contributed by atoms with van der Waals surface area (Å²) < 4.78 is 6.23. The van der Waals surface area contributed by atoms with Crippen molar-refractivity contribution in [3.8, 4) is 5.75 Å². The number of hydrogen-bond acceptors (Lipinski definition) is 5. The Morgan fingerprint density at radius 1 is 1.03 bits per heavy atom. The smallest absolute Gasteiger partial charge is 0.280 e. The van der Waals surface area contributed by atoms with Gasteiger partial charge in [-0.15, -0.1) is 0 Å². The molecule has 0 saturated carbocycles. The number of aromatic nitrogens is 1. The van der Waals surface area contributed by atoms with Gasteiger partial charge < -0.3 is 4.74 Å². The zero-order valence-electron chi connectivity index (χ0n) is 17.0. The van der Waals surface area contributed by atoms with Crippen LogP contribution in [0.4, 0.5) is 5.13 Å². The van der Waals surface area contributed by atoms with Crippen molar-refractivity contribution in [2.75, 3.05) is 12.1 Å². The molecule has 0 spiro atoms. The molecule has 0 atom stereocenters. The molecule has 0 aliphatic heterocycles. The molecule has 0 aliphatic rings. The van der Waals surface area contributed by atoms with Crippen LogP contribution in [0, 0.1) is 13.8 Å². The second kappa shape index (κ2) is 8.47. The average molecular weight is 416 g/mol. The summed E-state index contributed by atoms with van der Waals surface area (Å²) in [4.78, 5) is 18.0. The van der Waals surface area contributed by atoms with Crippen LogP contribution in [0.2, 0.25) is 0 Å². The van der Waals surface area contributed by atoms with Crippen LogP contribution in [-0.4, -0.2) is 24.2 Å². The van der Waals surface area contributed by atoms with Crippen LogP contribution in [0.5, 0.6) is 5.75 Å². The molecule has 4 rings (SSSR count). The van der Waals surface area contributed by atoms with Crippen molar-refractivity contribution in [3.05, 3.63) is 89.0 Å². The van der Waals surface area contributed by atoms with Crippen LogP contribution in [0.1, 0.15) is 27.0 Å². The van der Waals surface area contributed by atoms with Crippen molar-refractivity contribution in [1.29, 1.82) is 0 Å². The number of amides is 1. The summed E-state index contributed by atoms with van der Waals surface area (Å²) in [7, 11) is 1.63. The monoisotopic (exact) mass is 415 g/mol. The quantitative estimate of drug-likeness (QED) is 0.315. The third-order valence-corrected chi connectivity index (χ3v) is 5.62. The normalized spacial score (nSPS) is 11.2. The maximum Gasteiger partial charge on any atom is 0.280 e. The van der Waals surface area contributed by atoms with Crippen molar-refractivity contribution in [1.82, 2.24) is 4.98 Å². The van der Waals surface area contributed by atoms with E-state index in [0.717, 1.165) is 27.1 Å². The highest BCUT2D eigenvalue weighted by Crippen LogP contribution is 2.32. The fraction of sp³-hybridized carbons (Fsp3) is 0.125. The molecule has 3 aromatic carbocycles. The van der Waals surface area contributed by atoms with E-state index in [4.69, 9.17) is 4.74 Å². The Morgan fingerprint density at radius 2 is 1.83 bits per heavy atom. The number of thiazole rings is 1. The van der Waals surface area contributed by atoms with Crippen molar-refractivity contribution in [2.24, 2.45) is 5.10 Å². The van der Waals surface area contributed by atoms with Gasteiger partial charge in [-0.1, -0.05) is 58.9 Å². The molecule has 1 aromatic heterocycles. The molecule has 0 fully saturated rings. The lowest BCUT2D eigenvalue weighted by atomic mass is 10.1. The molecule has 150 valence electrons. The highest BCUT2D eigenvalue weighted by atomic mass is 32.1. The van der Waals surface area contributed by atoms with E-state index in [9.17, 15) is 4.79 Å². The lowest BCUT2D eigenvalue weighted by Crippen LogP contribution is -2.25. The molecule has 0 radical (unpaired) electrons. The van der Waals surface area contributed by atoms with Gasteiger partial charge in [0.25, 0.3) is 5.91 Å². The Balaban J connectivity index is 1.76. The highest BCUT2D eigenvalue weighted by Gasteiger charge is 2.21. The molecule has 0 unspecified atom stereocenters. The third kappa shape index (κ3) is 4.23. The Bertz CT molecular complexity index is 1230. The number of ether oxygens (including phenoxy) is 1. The molecule has 5 nitrogen and oxygen atoms in total. The lowest BCUT2D eigenvalue weighted by Gasteiger charge is -2.14. The van der Waals surface area contributed by atoms with E-state index >= 15 is 0 Å². The maximum atomic E-state index is 13.3. The maximum absolute atomic E-state index is 13.3. The summed E-state index contributed by atoms with van der Waals surface area (Å²) in [5.41, 5.74) is 4.44. The van der Waals surface area contributed by atoms with Gasteiger partial charge in [0.1, 0.15) is 5.75 Å². The number of methoxy groups -OCH3 is 1. The van der Waals surface area contributed by atoms with Gasteiger partial charge in [-0.25, -0.2) is 4.98 Å². The fourth-order valence-electron chi connectivity index (χ4n) is 2.98. The number of carbonyl (C=O) groups excluding carboxylic acids is 1. The number of hydrogen-bond donors (Lipinski definition) is 0. The first-order chi connectivity index (χ1) is 14.5. The zero-order valence-corrected chi connectivity index (χ0v) is 17.8. The minimum Gasteiger partial charge on any atom is -0.497 e. The van der Waals surface area contributed by atoms with Crippen LogP contribution in [-0.2, 0) is 0 Å². The van der Waals surface area contributed by atoms with Gasteiger partial charge in [0.05, 0.1) is 23.5 Å². The molecule has 0 aliphatic carbocycles. The molecule has 4 aromatic rings. The number of anilines is 1. The van der Waals surface area contributed by atoms with E-state index in [1.54, 1.807) is 19.4 Å². The van der Waals surface area contributed by atoms with Gasteiger partial charge in [0.2, 0.25) is 5.13 Å². The SMILES string of the molecule is COc1ccc2nc(N(/N=C/c3ccc(C)cc3)C(=O)c3cccc(C)c3)sc2c1. The van der Waals surface area contributed by atoms with E-state index in [0.29, 0.717) is 10.7 Å². The number of rotatable bonds is 5. The molecule has 0 bridgehead atoms. The molecule has 6 heteroatoms. The number of fused-ring (bicyclic) bond motifs is 1. The minimum atomic E-state index is -0.229. The Hall–Kier alpha value is -3.51. The summed E-state index contributed by atoms with van der Waals surface area (Å²) in [6.45, 7) is 3.99. The topological polar surface area (TPSA) is 54.8 Å². The number of aryl methyl sites for hydroxylation is 2. The van der Waals surface area contributed by atoms with E-state index in [1.165, 1.54) is 21.9 Å². The van der Waals surface area contributed by atoms with Crippen molar-refractivity contribution >= 4 is 38.8 Å². The van der Waals surface area contributed by atoms with Crippen LogP contribution < -0.4 is 9.75 Å². The summed E-state index contributed by atoms with van der Waals surface area (Å²) in [5, 5.41) is 6.39. The Morgan fingerprint density at radius 3 is 2.57 bits per heavy atom. The van der Waals surface area contributed by atoms with E-state index in [-0.39, 0.29) is 5.91 Å². The van der Waals surface area contributed by atoms with Crippen LogP contribution in [0.15, 0.2) is 71.8 Å². The van der Waals surface area contributed by atoms with Crippen LogP contribution in [0.25, 0.3) is 10.2 Å². The van der Waals surface area contributed by atoms with Gasteiger partial charge in [0.15, 0.2) is 0 Å². The molecule has 0 saturated heterocycles. The fourth-order valence-corrected chi connectivity index (χ4v) is 3.93. The van der Waals surface area contributed by atoms with Crippen molar-refractivity contribution < 1.29 is 9.53 Å². The van der Waals surface area contributed by atoms with E-state index in [1.807, 2.05) is 74.5 Å². The molecular formula is C24H21N3O2S. The number of nitrogens with zero attached hydrogens (tertiary/aromatic N) is 3. The molecule has 1 heterocycles. The predicted molar refractivity (Wildman–Crippen MR) is 123 cm³/mol. The van der Waals surface area contributed by atoms with Crippen LogP contribution >= 0.6 is 11.3 Å². The Labute approximate surface area is 179 Å². The van der Waals surface area contributed by atoms with Crippen LogP contribution in [0.3, 0.4) is 0 Å². The molecule has 0 N–H and O–H groups in total. The van der Waals surface area contributed by atoms with E-state index < -0.39 is 0 Å². The number of carbonyl (C=O) groups is 1. The average Bonchev–Trinajstić information content (AvgIpc) is 3.17. The second-order valence-electron chi connectivity index (χ2n) is 6.97. The first kappa shape index (κ1) is 19.8. The first-order valence-corrected chi connectivity index (χ1v) is 10.3. The van der Waals surface area contributed by atoms with Crippen molar-refractivity contribution in [2.45, 2.75) is 13.8 Å². The number of benzene rings is 3. The molecule has 1 amide bonds.